The van der Waals surface area contributed by atoms with E-state index in [2.05, 4.69) is 6.92 Å². The van der Waals surface area contributed by atoms with Crippen molar-refractivity contribution in [3.05, 3.63) is 0 Å². The van der Waals surface area contributed by atoms with Crippen molar-refractivity contribution in [2.45, 2.75) is 50.9 Å². The highest BCUT2D eigenvalue weighted by Gasteiger charge is 2.19. The summed E-state index contributed by atoms with van der Waals surface area (Å²) in [5.74, 6) is 0. The molecule has 96 valence electrons. The molecular formula is C11H22O5. The van der Waals surface area contributed by atoms with Gasteiger partial charge >= 0.3 is 0 Å². The Morgan fingerprint density at radius 1 is 1.31 bits per heavy atom. The van der Waals surface area contributed by atoms with Gasteiger partial charge in [0.25, 0.3) is 0 Å². The van der Waals surface area contributed by atoms with Crippen molar-refractivity contribution in [2.75, 3.05) is 13.2 Å². The van der Waals surface area contributed by atoms with Gasteiger partial charge < -0.3 is 24.9 Å². The highest BCUT2D eigenvalue weighted by Crippen LogP contribution is 2.08. The summed E-state index contributed by atoms with van der Waals surface area (Å²) in [4.78, 5) is 10.7. The largest absolute Gasteiger partial charge is 0.394 e. The van der Waals surface area contributed by atoms with Crippen LogP contribution < -0.4 is 0 Å². The van der Waals surface area contributed by atoms with Gasteiger partial charge in [0.2, 0.25) is 0 Å². The van der Waals surface area contributed by atoms with Crippen LogP contribution in [0.4, 0.5) is 0 Å². The third-order valence-electron chi connectivity index (χ3n) is 2.31. The molecule has 0 spiro atoms. The molecule has 0 radical (unpaired) electrons. The lowest BCUT2D eigenvalue weighted by atomic mass is 10.1. The fraction of sp³-hybridized carbons (Fsp3) is 0.909. The van der Waals surface area contributed by atoms with E-state index >= 15 is 0 Å². The number of ether oxygens (including phenoxy) is 1. The molecule has 3 atom stereocenters. The van der Waals surface area contributed by atoms with E-state index in [9.17, 15) is 9.90 Å². The van der Waals surface area contributed by atoms with Gasteiger partial charge in [0.15, 0.2) is 6.29 Å². The van der Waals surface area contributed by atoms with Crippen LogP contribution in [0.1, 0.15) is 32.6 Å². The quantitative estimate of drug-likeness (QED) is 0.362. The number of carbonyl (C=O) groups is 1. The van der Waals surface area contributed by atoms with Crippen molar-refractivity contribution in [1.82, 2.24) is 0 Å². The third-order valence-corrected chi connectivity index (χ3v) is 2.31. The van der Waals surface area contributed by atoms with E-state index in [0.29, 0.717) is 12.7 Å². The summed E-state index contributed by atoms with van der Waals surface area (Å²) in [7, 11) is 0. The maximum atomic E-state index is 10.7. The van der Waals surface area contributed by atoms with Gasteiger partial charge in [0, 0.05) is 0 Å². The lowest BCUT2D eigenvalue weighted by molar-refractivity contribution is -0.130. The fourth-order valence-corrected chi connectivity index (χ4v) is 1.28. The number of hydrogen-bond donors (Lipinski definition) is 3. The summed E-state index contributed by atoms with van der Waals surface area (Å²) in [6.07, 6.45) is 1.16. The minimum absolute atomic E-state index is 0.148. The second-order valence-corrected chi connectivity index (χ2v) is 3.83. The summed E-state index contributed by atoms with van der Waals surface area (Å²) in [5.41, 5.74) is 0. The number of carbonyl (C=O) groups excluding carboxylic acids is 1. The molecule has 0 aliphatic carbocycles. The topological polar surface area (TPSA) is 87.0 Å². The first kappa shape index (κ1) is 15.5. The normalized spacial score (nSPS) is 16.8. The van der Waals surface area contributed by atoms with Crippen LogP contribution >= 0.6 is 0 Å². The van der Waals surface area contributed by atoms with E-state index in [0.717, 1.165) is 19.3 Å². The molecule has 0 heterocycles. The molecule has 0 aliphatic rings. The van der Waals surface area contributed by atoms with E-state index in [1.54, 1.807) is 0 Å². The molecule has 0 fully saturated rings. The van der Waals surface area contributed by atoms with Crippen molar-refractivity contribution in [3.8, 4) is 0 Å². The second kappa shape index (κ2) is 9.72. The number of unbranched alkanes of at least 4 members (excludes halogenated alkanes) is 2. The van der Waals surface area contributed by atoms with E-state index in [4.69, 9.17) is 14.9 Å². The average molecular weight is 234 g/mol. The fourth-order valence-electron chi connectivity index (χ4n) is 1.28. The van der Waals surface area contributed by atoms with Crippen LogP contribution in [0.15, 0.2) is 0 Å². The maximum absolute atomic E-state index is 10.7. The number of aliphatic hydroxyl groups is 3. The van der Waals surface area contributed by atoms with Crippen molar-refractivity contribution < 1.29 is 24.9 Å². The number of hydrogen-bond acceptors (Lipinski definition) is 5. The lowest BCUT2D eigenvalue weighted by Gasteiger charge is -2.19. The van der Waals surface area contributed by atoms with E-state index in [-0.39, 0.29) is 6.61 Å². The first-order valence-corrected chi connectivity index (χ1v) is 5.69. The summed E-state index contributed by atoms with van der Waals surface area (Å²) in [5, 5.41) is 27.2. The molecule has 0 aromatic rings. The third kappa shape index (κ3) is 6.90. The van der Waals surface area contributed by atoms with Crippen molar-refractivity contribution in [1.29, 1.82) is 0 Å². The summed E-state index contributed by atoms with van der Waals surface area (Å²) >= 11 is 0. The molecular weight excluding hydrogens is 212 g/mol. The zero-order chi connectivity index (χ0) is 12.4. The summed E-state index contributed by atoms with van der Waals surface area (Å²) < 4.78 is 5.01. The van der Waals surface area contributed by atoms with Gasteiger partial charge in [-0.25, -0.2) is 0 Å². The van der Waals surface area contributed by atoms with Crippen LogP contribution in [0.3, 0.4) is 0 Å². The van der Waals surface area contributed by atoms with Crippen LogP contribution in [0, 0.1) is 0 Å². The predicted octanol–water partition coefficient (Wildman–Crippen LogP) is -0.135. The maximum Gasteiger partial charge on any atom is 0.151 e. The molecule has 0 saturated carbocycles. The minimum atomic E-state index is -1.01. The average Bonchev–Trinajstić information content (AvgIpc) is 2.29. The van der Waals surface area contributed by atoms with Gasteiger partial charge in [-0.2, -0.15) is 0 Å². The Bertz CT molecular complexity index is 174. The zero-order valence-electron chi connectivity index (χ0n) is 9.71. The first-order chi connectivity index (χ1) is 7.65. The van der Waals surface area contributed by atoms with E-state index in [1.165, 1.54) is 0 Å². The monoisotopic (exact) mass is 234 g/mol. The molecule has 0 amide bonds. The molecule has 3 N–H and O–H groups in total. The molecule has 0 bridgehead atoms. The molecule has 0 aromatic carbocycles. The molecule has 3 unspecified atom stereocenters. The van der Waals surface area contributed by atoms with E-state index < -0.39 is 24.9 Å². The Labute approximate surface area is 96.0 Å². The van der Waals surface area contributed by atoms with Gasteiger partial charge in [0.1, 0.15) is 12.2 Å². The standard InChI is InChI=1S/C11H22O5/c1-2-3-4-5-10(15)11(7-13)16-8-9(14)6-12/h7,9-12,14-15H,2-6,8H2,1H3. The lowest BCUT2D eigenvalue weighted by Crippen LogP contribution is -2.34. The number of aliphatic hydroxyl groups excluding tert-OH is 3. The Morgan fingerprint density at radius 2 is 2.00 bits per heavy atom. The second-order valence-electron chi connectivity index (χ2n) is 3.83. The van der Waals surface area contributed by atoms with Crippen LogP contribution in [0.2, 0.25) is 0 Å². The number of aldehydes is 1. The molecule has 0 aromatic heterocycles. The Kier molecular flexibility index (Phi) is 9.42. The minimum Gasteiger partial charge on any atom is -0.394 e. The van der Waals surface area contributed by atoms with Gasteiger partial charge in [-0.1, -0.05) is 26.2 Å². The Morgan fingerprint density at radius 3 is 2.50 bits per heavy atom. The van der Waals surface area contributed by atoms with E-state index in [1.807, 2.05) is 0 Å². The Balaban J connectivity index is 3.82. The Hall–Kier alpha value is -0.490. The zero-order valence-corrected chi connectivity index (χ0v) is 9.71. The molecule has 16 heavy (non-hydrogen) atoms. The van der Waals surface area contributed by atoms with Crippen LogP contribution in [-0.4, -0.2) is 53.1 Å². The van der Waals surface area contributed by atoms with Crippen molar-refractivity contribution in [2.24, 2.45) is 0 Å². The highest BCUT2D eigenvalue weighted by molar-refractivity contribution is 5.57. The highest BCUT2D eigenvalue weighted by atomic mass is 16.5. The molecule has 5 heteroatoms. The van der Waals surface area contributed by atoms with Crippen LogP contribution in [-0.2, 0) is 9.53 Å². The summed E-state index contributed by atoms with van der Waals surface area (Å²) in [6.45, 7) is 1.49. The number of rotatable bonds is 10. The molecule has 0 rings (SSSR count). The van der Waals surface area contributed by atoms with Gasteiger partial charge in [-0.15, -0.1) is 0 Å². The molecule has 5 nitrogen and oxygen atoms in total. The predicted molar refractivity (Wildman–Crippen MR) is 59.0 cm³/mol. The van der Waals surface area contributed by atoms with Crippen LogP contribution in [0.5, 0.6) is 0 Å². The molecule has 0 aliphatic heterocycles. The first-order valence-electron chi connectivity index (χ1n) is 5.69. The smallest absolute Gasteiger partial charge is 0.151 e. The van der Waals surface area contributed by atoms with Gasteiger partial charge in [-0.3, -0.25) is 0 Å². The van der Waals surface area contributed by atoms with Gasteiger partial charge in [0.05, 0.1) is 19.3 Å². The van der Waals surface area contributed by atoms with Crippen molar-refractivity contribution >= 4 is 6.29 Å². The van der Waals surface area contributed by atoms with Crippen molar-refractivity contribution in [3.63, 3.8) is 0 Å². The molecule has 0 saturated heterocycles. The van der Waals surface area contributed by atoms with Crippen LogP contribution in [0.25, 0.3) is 0 Å². The van der Waals surface area contributed by atoms with Gasteiger partial charge in [-0.05, 0) is 6.42 Å². The SMILES string of the molecule is CCCCCC(O)C(C=O)OCC(O)CO. The summed E-state index contributed by atoms with van der Waals surface area (Å²) in [6, 6.07) is 0.